The van der Waals surface area contributed by atoms with Crippen molar-refractivity contribution in [2.24, 2.45) is 17.7 Å². The maximum absolute atomic E-state index is 5.81. The first-order valence-corrected chi connectivity index (χ1v) is 7.93. The minimum atomic E-state index is 0.266. The molecule has 0 aliphatic heterocycles. The van der Waals surface area contributed by atoms with Crippen LogP contribution < -0.4 is 16.0 Å². The second-order valence-corrected chi connectivity index (χ2v) is 6.08. The van der Waals surface area contributed by atoms with Crippen molar-refractivity contribution in [3.05, 3.63) is 29.8 Å². The van der Waals surface area contributed by atoms with Crippen LogP contribution in [0, 0.1) is 11.8 Å². The molecule has 1 saturated carbocycles. The predicted molar refractivity (Wildman–Crippen MR) is 83.4 cm³/mol. The standard InChI is InChI=1S/C17H28N2O/c1-3-12-20-16-10-8-15(9-11-16)17(19-18)14-6-4-13(2)5-7-14/h8-11,13-14,17,19H,3-7,12,18H2,1-2H3. The van der Waals surface area contributed by atoms with E-state index in [0.29, 0.717) is 5.92 Å². The summed E-state index contributed by atoms with van der Waals surface area (Å²) < 4.78 is 5.63. The molecular formula is C17H28N2O. The van der Waals surface area contributed by atoms with Crippen LogP contribution in [-0.2, 0) is 0 Å². The number of benzene rings is 1. The molecular weight excluding hydrogens is 248 g/mol. The zero-order valence-electron chi connectivity index (χ0n) is 12.8. The summed E-state index contributed by atoms with van der Waals surface area (Å²) in [5, 5.41) is 0. The van der Waals surface area contributed by atoms with Crippen molar-refractivity contribution in [2.75, 3.05) is 6.61 Å². The average molecular weight is 276 g/mol. The number of hydrazine groups is 1. The smallest absolute Gasteiger partial charge is 0.119 e. The van der Waals surface area contributed by atoms with Gasteiger partial charge in [-0.2, -0.15) is 0 Å². The Kier molecular flexibility index (Phi) is 5.86. The van der Waals surface area contributed by atoms with Crippen molar-refractivity contribution in [1.82, 2.24) is 5.43 Å². The first kappa shape index (κ1) is 15.3. The molecule has 0 amide bonds. The van der Waals surface area contributed by atoms with Gasteiger partial charge in [-0.05, 0) is 48.8 Å². The highest BCUT2D eigenvalue weighted by atomic mass is 16.5. The molecule has 2 rings (SSSR count). The number of nitrogens with one attached hydrogen (secondary N) is 1. The van der Waals surface area contributed by atoms with E-state index in [0.717, 1.165) is 24.7 Å². The summed E-state index contributed by atoms with van der Waals surface area (Å²) in [5.74, 6) is 8.28. The van der Waals surface area contributed by atoms with Crippen LogP contribution in [0.4, 0.5) is 0 Å². The molecule has 1 aromatic rings. The molecule has 1 fully saturated rings. The Bertz CT molecular complexity index is 382. The second kappa shape index (κ2) is 7.65. The van der Waals surface area contributed by atoms with Crippen LogP contribution >= 0.6 is 0 Å². The molecule has 0 heterocycles. The third-order valence-electron chi connectivity index (χ3n) is 4.42. The fourth-order valence-electron chi connectivity index (χ4n) is 3.11. The van der Waals surface area contributed by atoms with Crippen LogP contribution in [0.25, 0.3) is 0 Å². The first-order valence-electron chi connectivity index (χ1n) is 7.93. The van der Waals surface area contributed by atoms with Gasteiger partial charge in [-0.1, -0.05) is 38.8 Å². The van der Waals surface area contributed by atoms with Gasteiger partial charge >= 0.3 is 0 Å². The van der Waals surface area contributed by atoms with Crippen molar-refractivity contribution in [3.63, 3.8) is 0 Å². The Morgan fingerprint density at radius 1 is 1.20 bits per heavy atom. The Hall–Kier alpha value is -1.06. The van der Waals surface area contributed by atoms with E-state index >= 15 is 0 Å². The molecule has 0 spiro atoms. The van der Waals surface area contributed by atoms with Crippen LogP contribution in [-0.4, -0.2) is 6.61 Å². The highest BCUT2D eigenvalue weighted by Gasteiger charge is 2.26. The lowest BCUT2D eigenvalue weighted by Crippen LogP contribution is -2.35. The van der Waals surface area contributed by atoms with E-state index in [1.165, 1.54) is 31.2 Å². The third kappa shape index (κ3) is 3.97. The molecule has 1 aliphatic rings. The Balaban J connectivity index is 2.00. The Morgan fingerprint density at radius 2 is 1.85 bits per heavy atom. The molecule has 1 aliphatic carbocycles. The summed E-state index contributed by atoms with van der Waals surface area (Å²) >= 11 is 0. The highest BCUT2D eigenvalue weighted by Crippen LogP contribution is 2.36. The molecule has 0 radical (unpaired) electrons. The van der Waals surface area contributed by atoms with Crippen LogP contribution in [0.3, 0.4) is 0 Å². The summed E-state index contributed by atoms with van der Waals surface area (Å²) in [5.41, 5.74) is 4.30. The van der Waals surface area contributed by atoms with E-state index in [1.54, 1.807) is 0 Å². The highest BCUT2D eigenvalue weighted by molar-refractivity contribution is 5.29. The summed E-state index contributed by atoms with van der Waals surface area (Å²) in [6, 6.07) is 8.67. The minimum absolute atomic E-state index is 0.266. The third-order valence-corrected chi connectivity index (χ3v) is 4.42. The first-order chi connectivity index (χ1) is 9.74. The second-order valence-electron chi connectivity index (χ2n) is 6.08. The van der Waals surface area contributed by atoms with Crippen LogP contribution in [0.5, 0.6) is 5.75 Å². The zero-order chi connectivity index (χ0) is 14.4. The molecule has 3 N–H and O–H groups in total. The molecule has 112 valence electrons. The van der Waals surface area contributed by atoms with Gasteiger partial charge < -0.3 is 4.74 Å². The van der Waals surface area contributed by atoms with Crippen molar-refractivity contribution in [3.8, 4) is 5.75 Å². The fraction of sp³-hybridized carbons (Fsp3) is 0.647. The molecule has 1 atom stereocenters. The van der Waals surface area contributed by atoms with Gasteiger partial charge in [0.1, 0.15) is 5.75 Å². The van der Waals surface area contributed by atoms with Crippen molar-refractivity contribution in [2.45, 2.75) is 52.0 Å². The van der Waals surface area contributed by atoms with Gasteiger partial charge in [-0.25, -0.2) is 0 Å². The largest absolute Gasteiger partial charge is 0.494 e. The summed E-state index contributed by atoms with van der Waals surface area (Å²) in [4.78, 5) is 0. The van der Waals surface area contributed by atoms with E-state index in [9.17, 15) is 0 Å². The van der Waals surface area contributed by atoms with Crippen LogP contribution in [0.15, 0.2) is 24.3 Å². The molecule has 0 aromatic heterocycles. The number of ether oxygens (including phenoxy) is 1. The lowest BCUT2D eigenvalue weighted by Gasteiger charge is -2.32. The van der Waals surface area contributed by atoms with E-state index < -0.39 is 0 Å². The molecule has 20 heavy (non-hydrogen) atoms. The van der Waals surface area contributed by atoms with Crippen molar-refractivity contribution >= 4 is 0 Å². The van der Waals surface area contributed by atoms with Gasteiger partial charge in [0.2, 0.25) is 0 Å². The van der Waals surface area contributed by atoms with Crippen LogP contribution in [0.1, 0.15) is 57.6 Å². The number of nitrogens with two attached hydrogens (primary N) is 1. The molecule has 1 unspecified atom stereocenters. The average Bonchev–Trinajstić information content (AvgIpc) is 2.49. The normalized spacial score (nSPS) is 24.4. The van der Waals surface area contributed by atoms with Gasteiger partial charge in [0.25, 0.3) is 0 Å². The Labute approximate surface area is 122 Å². The molecule has 1 aromatic carbocycles. The van der Waals surface area contributed by atoms with E-state index in [-0.39, 0.29) is 6.04 Å². The molecule has 0 saturated heterocycles. The van der Waals surface area contributed by atoms with Gasteiger partial charge in [0, 0.05) is 6.04 Å². The fourth-order valence-corrected chi connectivity index (χ4v) is 3.11. The van der Waals surface area contributed by atoms with E-state index in [1.807, 2.05) is 0 Å². The predicted octanol–water partition coefficient (Wildman–Crippen LogP) is 3.81. The zero-order valence-corrected chi connectivity index (χ0v) is 12.8. The van der Waals surface area contributed by atoms with Gasteiger partial charge in [0.15, 0.2) is 0 Å². The summed E-state index contributed by atoms with van der Waals surface area (Å²) in [6.45, 7) is 5.24. The maximum atomic E-state index is 5.81. The van der Waals surface area contributed by atoms with Gasteiger partial charge in [-0.3, -0.25) is 11.3 Å². The number of rotatable bonds is 6. The van der Waals surface area contributed by atoms with Gasteiger partial charge in [-0.15, -0.1) is 0 Å². The van der Waals surface area contributed by atoms with Crippen molar-refractivity contribution < 1.29 is 4.74 Å². The monoisotopic (exact) mass is 276 g/mol. The number of hydrogen-bond donors (Lipinski definition) is 2. The topological polar surface area (TPSA) is 47.3 Å². The van der Waals surface area contributed by atoms with Crippen molar-refractivity contribution in [1.29, 1.82) is 0 Å². The summed E-state index contributed by atoms with van der Waals surface area (Å²) in [6.07, 6.45) is 6.21. The van der Waals surface area contributed by atoms with Crippen LogP contribution in [0.2, 0.25) is 0 Å². The van der Waals surface area contributed by atoms with Gasteiger partial charge in [0.05, 0.1) is 6.61 Å². The molecule has 3 heteroatoms. The number of hydrogen-bond acceptors (Lipinski definition) is 3. The lowest BCUT2D eigenvalue weighted by molar-refractivity contribution is 0.232. The SMILES string of the molecule is CCCOc1ccc(C(NN)C2CCC(C)CC2)cc1. The molecule has 0 bridgehead atoms. The van der Waals surface area contributed by atoms with E-state index in [2.05, 4.69) is 43.5 Å². The maximum Gasteiger partial charge on any atom is 0.119 e. The summed E-state index contributed by atoms with van der Waals surface area (Å²) in [7, 11) is 0. The minimum Gasteiger partial charge on any atom is -0.494 e. The Morgan fingerprint density at radius 3 is 2.40 bits per heavy atom. The molecule has 3 nitrogen and oxygen atoms in total. The lowest BCUT2D eigenvalue weighted by atomic mass is 9.77. The quantitative estimate of drug-likeness (QED) is 0.613. The van der Waals surface area contributed by atoms with E-state index in [4.69, 9.17) is 10.6 Å².